The fourth-order valence-corrected chi connectivity index (χ4v) is 2.36. The highest BCUT2D eigenvalue weighted by molar-refractivity contribution is 14.0. The Labute approximate surface area is 183 Å². The van der Waals surface area contributed by atoms with E-state index >= 15 is 0 Å². The number of aliphatic imine (C=N–C) groups is 1. The molecule has 3 N–H and O–H groups in total. The van der Waals surface area contributed by atoms with Crippen LogP contribution in [0.15, 0.2) is 39.9 Å². The number of aromatic nitrogens is 1. The third-order valence-electron chi connectivity index (χ3n) is 3.71. The van der Waals surface area contributed by atoms with Gasteiger partial charge in [-0.3, -0.25) is 4.79 Å². The van der Waals surface area contributed by atoms with Gasteiger partial charge in [0.1, 0.15) is 5.76 Å². The summed E-state index contributed by atoms with van der Waals surface area (Å²) >= 11 is 0. The molecule has 28 heavy (non-hydrogen) atoms. The summed E-state index contributed by atoms with van der Waals surface area (Å²) in [6.07, 6.45) is 1.77. The number of halogens is 1. The van der Waals surface area contributed by atoms with E-state index in [1.807, 2.05) is 31.2 Å². The van der Waals surface area contributed by atoms with E-state index in [4.69, 9.17) is 4.42 Å². The van der Waals surface area contributed by atoms with Crippen LogP contribution in [0.3, 0.4) is 0 Å². The summed E-state index contributed by atoms with van der Waals surface area (Å²) in [6, 6.07) is 7.64. The SMILES string of the molecule is CCNC(=NCc1cccc(NC(C)=O)c1)NCc1ncc(C(C)(C)C)o1.I. The maximum Gasteiger partial charge on any atom is 0.221 e. The van der Waals surface area contributed by atoms with Crippen molar-refractivity contribution in [1.82, 2.24) is 15.6 Å². The highest BCUT2D eigenvalue weighted by Crippen LogP contribution is 2.22. The summed E-state index contributed by atoms with van der Waals surface area (Å²) in [5.41, 5.74) is 1.70. The predicted octanol–water partition coefficient (Wildman–Crippen LogP) is 3.80. The number of hydrogen-bond acceptors (Lipinski definition) is 4. The molecule has 0 aliphatic rings. The number of carbonyl (C=O) groups excluding carboxylic acids is 1. The molecule has 1 amide bonds. The lowest BCUT2D eigenvalue weighted by molar-refractivity contribution is -0.114. The second-order valence-corrected chi connectivity index (χ2v) is 7.30. The predicted molar refractivity (Wildman–Crippen MR) is 123 cm³/mol. The third kappa shape index (κ3) is 7.87. The van der Waals surface area contributed by atoms with Crippen LogP contribution in [0.25, 0.3) is 0 Å². The van der Waals surface area contributed by atoms with E-state index in [0.29, 0.717) is 24.9 Å². The number of nitrogens with zero attached hydrogens (tertiary/aromatic N) is 2. The van der Waals surface area contributed by atoms with Gasteiger partial charge in [0.15, 0.2) is 5.96 Å². The average Bonchev–Trinajstić information content (AvgIpc) is 3.06. The molecule has 154 valence electrons. The number of nitrogens with one attached hydrogen (secondary N) is 3. The minimum atomic E-state index is -0.0915. The fourth-order valence-electron chi connectivity index (χ4n) is 2.36. The molecule has 0 saturated carbocycles. The van der Waals surface area contributed by atoms with Crippen LogP contribution >= 0.6 is 24.0 Å². The Morgan fingerprint density at radius 1 is 1.25 bits per heavy atom. The first-order valence-electron chi connectivity index (χ1n) is 9.12. The van der Waals surface area contributed by atoms with Gasteiger partial charge in [-0.25, -0.2) is 9.98 Å². The van der Waals surface area contributed by atoms with Gasteiger partial charge in [0.05, 0.1) is 19.3 Å². The smallest absolute Gasteiger partial charge is 0.221 e. The van der Waals surface area contributed by atoms with Crippen LogP contribution in [-0.4, -0.2) is 23.4 Å². The Morgan fingerprint density at radius 2 is 2.00 bits per heavy atom. The van der Waals surface area contributed by atoms with Crippen LogP contribution in [-0.2, 0) is 23.3 Å². The lowest BCUT2D eigenvalue weighted by Gasteiger charge is -2.13. The van der Waals surface area contributed by atoms with Gasteiger partial charge >= 0.3 is 0 Å². The monoisotopic (exact) mass is 499 g/mol. The molecule has 0 aliphatic carbocycles. The summed E-state index contributed by atoms with van der Waals surface area (Å²) < 4.78 is 5.80. The number of anilines is 1. The lowest BCUT2D eigenvalue weighted by atomic mass is 9.94. The molecule has 0 spiro atoms. The number of benzene rings is 1. The molecule has 0 fully saturated rings. The van der Waals surface area contributed by atoms with E-state index in [2.05, 4.69) is 46.7 Å². The topological polar surface area (TPSA) is 91.5 Å². The maximum absolute atomic E-state index is 11.2. The Bertz CT molecular complexity index is 796. The molecule has 0 aliphatic heterocycles. The first-order chi connectivity index (χ1) is 12.8. The summed E-state index contributed by atoms with van der Waals surface area (Å²) in [6.45, 7) is 11.5. The zero-order valence-corrected chi connectivity index (χ0v) is 19.5. The van der Waals surface area contributed by atoms with E-state index < -0.39 is 0 Å². The third-order valence-corrected chi connectivity index (χ3v) is 3.71. The number of carbonyl (C=O) groups is 1. The first-order valence-corrected chi connectivity index (χ1v) is 9.12. The van der Waals surface area contributed by atoms with Gasteiger partial charge in [-0.1, -0.05) is 32.9 Å². The first kappa shape index (κ1) is 23.9. The molecule has 0 radical (unpaired) electrons. The van der Waals surface area contributed by atoms with Crippen molar-refractivity contribution in [1.29, 1.82) is 0 Å². The largest absolute Gasteiger partial charge is 0.443 e. The van der Waals surface area contributed by atoms with Crippen molar-refractivity contribution in [2.75, 3.05) is 11.9 Å². The Kier molecular flexibility index (Phi) is 9.44. The van der Waals surface area contributed by atoms with Gasteiger partial charge in [-0.05, 0) is 24.6 Å². The van der Waals surface area contributed by atoms with Crippen molar-refractivity contribution in [2.24, 2.45) is 4.99 Å². The van der Waals surface area contributed by atoms with Crippen LogP contribution in [0.2, 0.25) is 0 Å². The summed E-state index contributed by atoms with van der Waals surface area (Å²) in [5.74, 6) is 2.07. The van der Waals surface area contributed by atoms with E-state index in [0.717, 1.165) is 23.6 Å². The van der Waals surface area contributed by atoms with Gasteiger partial charge < -0.3 is 20.4 Å². The molecule has 0 unspecified atom stereocenters. The van der Waals surface area contributed by atoms with E-state index in [1.54, 1.807) is 6.20 Å². The highest BCUT2D eigenvalue weighted by Gasteiger charge is 2.19. The van der Waals surface area contributed by atoms with Crippen molar-refractivity contribution in [3.63, 3.8) is 0 Å². The number of rotatable bonds is 6. The van der Waals surface area contributed by atoms with Crippen molar-refractivity contribution < 1.29 is 9.21 Å². The van der Waals surface area contributed by atoms with Crippen molar-refractivity contribution in [3.05, 3.63) is 47.7 Å². The number of amides is 1. The van der Waals surface area contributed by atoms with Crippen LogP contribution in [0.5, 0.6) is 0 Å². The van der Waals surface area contributed by atoms with Gasteiger partial charge in [0.25, 0.3) is 0 Å². The number of hydrogen-bond donors (Lipinski definition) is 3. The number of guanidine groups is 1. The second-order valence-electron chi connectivity index (χ2n) is 7.30. The molecule has 1 aromatic carbocycles. The fraction of sp³-hybridized carbons (Fsp3) is 0.450. The molecule has 0 atom stereocenters. The maximum atomic E-state index is 11.2. The number of oxazole rings is 1. The Morgan fingerprint density at radius 3 is 2.61 bits per heavy atom. The van der Waals surface area contributed by atoms with Crippen molar-refractivity contribution >= 4 is 41.5 Å². The summed E-state index contributed by atoms with van der Waals surface area (Å²) in [4.78, 5) is 20.1. The van der Waals surface area contributed by atoms with Crippen LogP contribution in [0, 0.1) is 0 Å². The van der Waals surface area contributed by atoms with E-state index in [-0.39, 0.29) is 35.3 Å². The highest BCUT2D eigenvalue weighted by atomic mass is 127. The minimum Gasteiger partial charge on any atom is -0.443 e. The Balaban J connectivity index is 0.00000392. The normalized spacial score (nSPS) is 11.5. The minimum absolute atomic E-state index is 0. The van der Waals surface area contributed by atoms with Crippen LogP contribution in [0.4, 0.5) is 5.69 Å². The molecule has 0 bridgehead atoms. The molecular weight excluding hydrogens is 469 g/mol. The second kappa shape index (κ2) is 11.0. The van der Waals surface area contributed by atoms with Gasteiger partial charge in [-0.2, -0.15) is 0 Å². The van der Waals surface area contributed by atoms with Gasteiger partial charge in [0, 0.05) is 24.6 Å². The molecule has 7 nitrogen and oxygen atoms in total. The van der Waals surface area contributed by atoms with Crippen molar-refractivity contribution in [2.45, 2.75) is 53.1 Å². The van der Waals surface area contributed by atoms with E-state index in [9.17, 15) is 4.79 Å². The van der Waals surface area contributed by atoms with E-state index in [1.165, 1.54) is 6.92 Å². The molecule has 2 rings (SSSR count). The molecule has 2 aromatic rings. The van der Waals surface area contributed by atoms with Crippen LogP contribution in [0.1, 0.15) is 51.8 Å². The van der Waals surface area contributed by atoms with Crippen molar-refractivity contribution in [3.8, 4) is 0 Å². The standard InChI is InChI=1S/C20H29N5O2.HI/c1-6-21-19(24-13-18-22-12-17(27-18)20(3,4)5)23-11-15-8-7-9-16(10-15)25-14(2)26;/h7-10,12H,6,11,13H2,1-5H3,(H,25,26)(H2,21,23,24);1H. The van der Waals surface area contributed by atoms with Gasteiger partial charge in [0.2, 0.25) is 11.8 Å². The lowest BCUT2D eigenvalue weighted by Crippen LogP contribution is -2.36. The molecule has 1 aromatic heterocycles. The zero-order valence-electron chi connectivity index (χ0n) is 17.1. The molecule has 1 heterocycles. The van der Waals surface area contributed by atoms with Gasteiger partial charge in [-0.15, -0.1) is 24.0 Å². The quantitative estimate of drug-likeness (QED) is 0.320. The Hall–Kier alpha value is -2.10. The average molecular weight is 499 g/mol. The summed E-state index contributed by atoms with van der Waals surface area (Å²) in [5, 5.41) is 9.22. The summed E-state index contributed by atoms with van der Waals surface area (Å²) in [7, 11) is 0. The van der Waals surface area contributed by atoms with Crippen LogP contribution < -0.4 is 16.0 Å². The molecular formula is C20H30IN5O2. The molecule has 8 heteroatoms. The zero-order chi connectivity index (χ0) is 19.9. The molecule has 0 saturated heterocycles.